The van der Waals surface area contributed by atoms with Gasteiger partial charge < -0.3 is 9.67 Å². The molecule has 3 atom stereocenters. The van der Waals surface area contributed by atoms with E-state index in [0.29, 0.717) is 6.42 Å². The zero-order valence-electron chi connectivity index (χ0n) is 13.8. The quantitative estimate of drug-likeness (QED) is 0.513. The average Bonchev–Trinajstić information content (AvgIpc) is 2.91. The van der Waals surface area contributed by atoms with Crippen molar-refractivity contribution in [2.45, 2.75) is 46.4 Å². The van der Waals surface area contributed by atoms with Crippen molar-refractivity contribution in [1.82, 2.24) is 4.57 Å². The molecule has 5 nitrogen and oxygen atoms in total. The number of hydrogen-bond donors (Lipinski definition) is 1. The summed E-state index contributed by atoms with van der Waals surface area (Å²) in [6.45, 7) is 8.19. The summed E-state index contributed by atoms with van der Waals surface area (Å²) in [4.78, 5) is 0. The lowest BCUT2D eigenvalue weighted by Gasteiger charge is -2.23. The van der Waals surface area contributed by atoms with Crippen molar-refractivity contribution < 1.29 is 17.7 Å². The number of aliphatic hydroxyl groups is 1. The molecule has 6 heteroatoms. The summed E-state index contributed by atoms with van der Waals surface area (Å²) < 4.78 is 29.6. The van der Waals surface area contributed by atoms with Gasteiger partial charge in [-0.2, -0.15) is 8.42 Å². The van der Waals surface area contributed by atoms with Gasteiger partial charge in [-0.1, -0.05) is 25.5 Å². The van der Waals surface area contributed by atoms with Crippen LogP contribution >= 0.6 is 0 Å². The highest BCUT2D eigenvalue weighted by Gasteiger charge is 2.36. The van der Waals surface area contributed by atoms with Gasteiger partial charge in [0.15, 0.2) is 6.29 Å². The largest absolute Gasteiger partial charge is 0.366 e. The Kier molecular flexibility index (Phi) is 4.84. The summed E-state index contributed by atoms with van der Waals surface area (Å²) in [5.41, 5.74) is 3.36. The van der Waals surface area contributed by atoms with E-state index in [1.165, 1.54) is 0 Å². The number of allylic oxidation sites excluding steroid dienone is 1. The SMILES string of the molecule is Cc1ccc(C)n1C1C=C(C(C)C)C([C@@H](O)OS(C)(=O)=O)C1. The number of rotatable bonds is 5. The first kappa shape index (κ1) is 17.2. The summed E-state index contributed by atoms with van der Waals surface area (Å²) in [6, 6.07) is 4.25. The van der Waals surface area contributed by atoms with Crippen molar-refractivity contribution >= 4 is 10.1 Å². The van der Waals surface area contributed by atoms with Crippen molar-refractivity contribution in [2.75, 3.05) is 6.26 Å². The standard InChI is InChI=1S/C16H25NO4S/c1-10(2)14-8-13(17-11(3)6-7-12(17)4)9-15(14)16(18)21-22(5,19)20/h6-8,10,13,15-16,18H,9H2,1-5H3/t13?,15?,16-/m0/s1. The molecule has 0 aliphatic heterocycles. The highest BCUT2D eigenvalue weighted by Crippen LogP contribution is 2.41. The van der Waals surface area contributed by atoms with Crippen LogP contribution in [0.2, 0.25) is 0 Å². The molecule has 2 unspecified atom stereocenters. The monoisotopic (exact) mass is 327 g/mol. The first-order valence-corrected chi connectivity index (χ1v) is 9.34. The lowest BCUT2D eigenvalue weighted by atomic mass is 9.92. The summed E-state index contributed by atoms with van der Waals surface area (Å²) in [5, 5.41) is 10.2. The van der Waals surface area contributed by atoms with E-state index in [2.05, 4.69) is 22.8 Å². The molecule has 0 aromatic carbocycles. The number of aromatic nitrogens is 1. The summed E-state index contributed by atoms with van der Waals surface area (Å²) in [5.74, 6) is -0.0788. The second-order valence-electron chi connectivity index (χ2n) is 6.41. The second kappa shape index (κ2) is 6.18. The van der Waals surface area contributed by atoms with E-state index in [1.54, 1.807) is 0 Å². The van der Waals surface area contributed by atoms with Gasteiger partial charge in [-0.05, 0) is 38.3 Å². The van der Waals surface area contributed by atoms with Crippen molar-refractivity contribution in [3.05, 3.63) is 35.2 Å². The Hall–Kier alpha value is -1.11. The van der Waals surface area contributed by atoms with Crippen LogP contribution in [0.1, 0.15) is 37.7 Å². The van der Waals surface area contributed by atoms with Crippen LogP contribution in [0.4, 0.5) is 0 Å². The fourth-order valence-corrected chi connectivity index (χ4v) is 3.83. The van der Waals surface area contributed by atoms with Gasteiger partial charge in [-0.25, -0.2) is 4.18 Å². The molecule has 1 heterocycles. The van der Waals surface area contributed by atoms with E-state index in [4.69, 9.17) is 4.18 Å². The molecule has 1 aromatic heterocycles. The Bertz CT molecular complexity index is 653. The third-order valence-electron chi connectivity index (χ3n) is 4.25. The van der Waals surface area contributed by atoms with Crippen LogP contribution in [0, 0.1) is 25.7 Å². The predicted octanol–water partition coefficient (Wildman–Crippen LogP) is 2.54. The van der Waals surface area contributed by atoms with Crippen molar-refractivity contribution in [3.8, 4) is 0 Å². The molecular weight excluding hydrogens is 302 g/mol. The van der Waals surface area contributed by atoms with E-state index in [9.17, 15) is 13.5 Å². The average molecular weight is 327 g/mol. The minimum absolute atomic E-state index is 0.121. The lowest BCUT2D eigenvalue weighted by molar-refractivity contribution is -0.0491. The van der Waals surface area contributed by atoms with Gasteiger partial charge in [0.25, 0.3) is 10.1 Å². The van der Waals surface area contributed by atoms with Gasteiger partial charge in [0, 0.05) is 17.3 Å². The zero-order valence-corrected chi connectivity index (χ0v) is 14.6. The summed E-state index contributed by atoms with van der Waals surface area (Å²) >= 11 is 0. The maximum absolute atomic E-state index is 11.3. The third kappa shape index (κ3) is 3.62. The molecule has 1 aromatic rings. The Balaban J connectivity index is 2.30. The molecule has 0 radical (unpaired) electrons. The van der Waals surface area contributed by atoms with Crippen LogP contribution in [0.3, 0.4) is 0 Å². The van der Waals surface area contributed by atoms with E-state index in [-0.39, 0.29) is 17.9 Å². The lowest BCUT2D eigenvalue weighted by Crippen LogP contribution is -2.28. The van der Waals surface area contributed by atoms with Gasteiger partial charge >= 0.3 is 0 Å². The third-order valence-corrected chi connectivity index (χ3v) is 4.80. The maximum Gasteiger partial charge on any atom is 0.266 e. The van der Waals surface area contributed by atoms with Crippen molar-refractivity contribution in [3.63, 3.8) is 0 Å². The van der Waals surface area contributed by atoms with Gasteiger partial charge in [0.1, 0.15) is 0 Å². The Morgan fingerprint density at radius 2 is 1.82 bits per heavy atom. The minimum Gasteiger partial charge on any atom is -0.366 e. The van der Waals surface area contributed by atoms with Crippen LogP contribution in [0.5, 0.6) is 0 Å². The molecular formula is C16H25NO4S. The Labute approximate surface area is 132 Å². The fourth-order valence-electron chi connectivity index (χ4n) is 3.34. The summed E-state index contributed by atoms with van der Waals surface area (Å²) in [6.07, 6.45) is 2.41. The second-order valence-corrected chi connectivity index (χ2v) is 8.01. The molecule has 22 heavy (non-hydrogen) atoms. The predicted molar refractivity (Wildman–Crippen MR) is 85.9 cm³/mol. The highest BCUT2D eigenvalue weighted by molar-refractivity contribution is 7.86. The van der Waals surface area contributed by atoms with E-state index >= 15 is 0 Å². The van der Waals surface area contributed by atoms with Crippen LogP contribution < -0.4 is 0 Å². The molecule has 124 valence electrons. The first-order chi connectivity index (χ1) is 10.1. The first-order valence-electron chi connectivity index (χ1n) is 7.52. The number of aliphatic hydroxyl groups excluding tert-OH is 1. The van der Waals surface area contributed by atoms with Crippen molar-refractivity contribution in [2.24, 2.45) is 11.8 Å². The van der Waals surface area contributed by atoms with Gasteiger partial charge in [0.2, 0.25) is 0 Å². The molecule has 1 N–H and O–H groups in total. The number of hydrogen-bond acceptors (Lipinski definition) is 4. The van der Waals surface area contributed by atoms with Gasteiger partial charge in [-0.3, -0.25) is 0 Å². The zero-order chi connectivity index (χ0) is 16.7. The molecule has 0 spiro atoms. The summed E-state index contributed by atoms with van der Waals surface area (Å²) in [7, 11) is -3.68. The number of aryl methyl sites for hydroxylation is 2. The van der Waals surface area contributed by atoms with Crippen LogP contribution in [0.25, 0.3) is 0 Å². The number of nitrogens with zero attached hydrogens (tertiary/aromatic N) is 1. The van der Waals surface area contributed by atoms with Crippen LogP contribution in [-0.4, -0.2) is 30.6 Å². The van der Waals surface area contributed by atoms with Crippen LogP contribution in [-0.2, 0) is 14.3 Å². The Morgan fingerprint density at radius 3 is 2.27 bits per heavy atom. The Morgan fingerprint density at radius 1 is 1.27 bits per heavy atom. The topological polar surface area (TPSA) is 68.5 Å². The van der Waals surface area contributed by atoms with Crippen molar-refractivity contribution in [1.29, 1.82) is 0 Å². The van der Waals surface area contributed by atoms with E-state index in [0.717, 1.165) is 23.2 Å². The van der Waals surface area contributed by atoms with E-state index in [1.807, 2.05) is 27.7 Å². The molecule has 0 saturated carbocycles. The maximum atomic E-state index is 11.3. The molecule has 1 aliphatic carbocycles. The molecule has 0 fully saturated rings. The molecule has 1 aliphatic rings. The van der Waals surface area contributed by atoms with Gasteiger partial charge in [0.05, 0.1) is 12.3 Å². The van der Waals surface area contributed by atoms with Crippen LogP contribution in [0.15, 0.2) is 23.8 Å². The molecule has 0 saturated heterocycles. The fraction of sp³-hybridized carbons (Fsp3) is 0.625. The molecule has 0 bridgehead atoms. The smallest absolute Gasteiger partial charge is 0.266 e. The highest BCUT2D eigenvalue weighted by atomic mass is 32.2. The van der Waals surface area contributed by atoms with Gasteiger partial charge in [-0.15, -0.1) is 0 Å². The minimum atomic E-state index is -3.68. The van der Waals surface area contributed by atoms with E-state index < -0.39 is 16.4 Å². The molecule has 0 amide bonds. The molecule has 2 rings (SSSR count). The normalized spacial score (nSPS) is 23.9.